The molecule has 0 saturated carbocycles. The second-order valence-corrected chi connectivity index (χ2v) is 6.78. The van der Waals surface area contributed by atoms with E-state index in [0.717, 1.165) is 11.5 Å². The lowest BCUT2D eigenvalue weighted by Gasteiger charge is -2.34. The molecule has 0 bridgehead atoms. The minimum absolute atomic E-state index is 0.0348. The van der Waals surface area contributed by atoms with Crippen molar-refractivity contribution in [3.05, 3.63) is 44.3 Å². The Hall–Kier alpha value is -1.10. The molecule has 1 atom stereocenters. The first-order valence-corrected chi connectivity index (χ1v) is 8.48. The largest absolute Gasteiger partial charge is 0.370 e. The molecule has 120 valence electrons. The third-order valence-electron chi connectivity index (χ3n) is 3.48. The number of benzene rings is 1. The van der Waals surface area contributed by atoms with Crippen LogP contribution in [0.15, 0.2) is 12.1 Å². The fraction of sp³-hybridized carbons (Fsp3) is 0.286. The van der Waals surface area contributed by atoms with Gasteiger partial charge in [0.05, 0.1) is 11.6 Å². The number of nitriles is 1. The topological polar surface area (TPSA) is 49.2 Å². The van der Waals surface area contributed by atoms with Crippen molar-refractivity contribution in [2.45, 2.75) is 6.10 Å². The van der Waals surface area contributed by atoms with Gasteiger partial charge in [-0.1, -0.05) is 34.8 Å². The number of anilines is 1. The van der Waals surface area contributed by atoms with Crippen molar-refractivity contribution in [1.82, 2.24) is 4.37 Å². The summed E-state index contributed by atoms with van der Waals surface area (Å²) in [7, 11) is 0. The summed E-state index contributed by atoms with van der Waals surface area (Å²) in [6.07, 6.45) is -0.435. The van der Waals surface area contributed by atoms with Crippen molar-refractivity contribution in [2.24, 2.45) is 0 Å². The first-order chi connectivity index (χ1) is 11.0. The molecule has 1 aromatic carbocycles. The molecule has 2 heterocycles. The first-order valence-electron chi connectivity index (χ1n) is 6.57. The van der Waals surface area contributed by atoms with E-state index in [0.29, 0.717) is 40.8 Å². The van der Waals surface area contributed by atoms with Crippen LogP contribution in [0.25, 0.3) is 0 Å². The maximum Gasteiger partial charge on any atom is 0.162 e. The highest BCUT2D eigenvalue weighted by atomic mass is 35.5. The fourth-order valence-corrected chi connectivity index (χ4v) is 3.95. The maximum atomic E-state index is 13.7. The Morgan fingerprint density at radius 1 is 1.35 bits per heavy atom. The van der Waals surface area contributed by atoms with Crippen LogP contribution in [0, 0.1) is 17.1 Å². The summed E-state index contributed by atoms with van der Waals surface area (Å²) >= 11 is 18.9. The smallest absolute Gasteiger partial charge is 0.162 e. The molecule has 1 aliphatic heterocycles. The number of nitrogens with zero attached hydrogens (tertiary/aromatic N) is 3. The molecule has 1 saturated heterocycles. The standard InChI is InChI=1S/C14H9Cl3FN3OS/c15-9-4-10(16)11(18)3-7(9)12-6-21(1-2-22-12)14-8(5-19)13(17)20-23-14/h3-4,12H,1-2,6H2. The SMILES string of the molecule is N#Cc1c(Cl)nsc1N1CCOC(c2cc(F)c(Cl)cc2Cl)C1. The van der Waals surface area contributed by atoms with Crippen LogP contribution >= 0.6 is 46.3 Å². The summed E-state index contributed by atoms with van der Waals surface area (Å²) in [5, 5.41) is 10.4. The summed E-state index contributed by atoms with van der Waals surface area (Å²) in [5.74, 6) is -0.551. The van der Waals surface area contributed by atoms with Gasteiger partial charge in [-0.25, -0.2) is 4.39 Å². The molecule has 0 N–H and O–H groups in total. The van der Waals surface area contributed by atoms with Crippen molar-refractivity contribution < 1.29 is 9.13 Å². The highest BCUT2D eigenvalue weighted by Gasteiger charge is 2.28. The molecular weight excluding hydrogens is 384 g/mol. The lowest BCUT2D eigenvalue weighted by atomic mass is 10.1. The lowest BCUT2D eigenvalue weighted by molar-refractivity contribution is 0.0399. The molecule has 2 aromatic rings. The molecule has 1 aromatic heterocycles. The zero-order valence-corrected chi connectivity index (χ0v) is 14.6. The first kappa shape index (κ1) is 16.7. The maximum absolute atomic E-state index is 13.7. The minimum Gasteiger partial charge on any atom is -0.370 e. The van der Waals surface area contributed by atoms with Gasteiger partial charge < -0.3 is 9.64 Å². The summed E-state index contributed by atoms with van der Waals surface area (Å²) in [6.45, 7) is 1.40. The van der Waals surface area contributed by atoms with Gasteiger partial charge in [0.1, 0.15) is 28.6 Å². The van der Waals surface area contributed by atoms with Crippen molar-refractivity contribution in [3.8, 4) is 6.07 Å². The number of halogens is 4. The predicted molar refractivity (Wildman–Crippen MR) is 89.2 cm³/mol. The summed E-state index contributed by atoms with van der Waals surface area (Å²) in [4.78, 5) is 1.94. The Morgan fingerprint density at radius 2 is 2.13 bits per heavy atom. The number of morpholine rings is 1. The van der Waals surface area contributed by atoms with E-state index >= 15 is 0 Å². The van der Waals surface area contributed by atoms with Gasteiger partial charge in [0.25, 0.3) is 0 Å². The molecule has 23 heavy (non-hydrogen) atoms. The predicted octanol–water partition coefficient (Wildman–Crippen LogP) is 4.69. The Balaban J connectivity index is 1.90. The molecule has 0 amide bonds. The average Bonchev–Trinajstić information content (AvgIpc) is 2.92. The van der Waals surface area contributed by atoms with Gasteiger partial charge in [-0.05, 0) is 23.7 Å². The zero-order valence-electron chi connectivity index (χ0n) is 11.5. The highest BCUT2D eigenvalue weighted by Crippen LogP contribution is 2.37. The third-order valence-corrected chi connectivity index (χ3v) is 5.38. The molecule has 9 heteroatoms. The second kappa shape index (κ2) is 6.80. The van der Waals surface area contributed by atoms with Gasteiger partial charge in [0.15, 0.2) is 5.15 Å². The van der Waals surface area contributed by atoms with Crippen LogP contribution in [-0.4, -0.2) is 24.1 Å². The molecular formula is C14H9Cl3FN3OS. The molecule has 0 aliphatic carbocycles. The van der Waals surface area contributed by atoms with Gasteiger partial charge in [0.2, 0.25) is 0 Å². The number of hydrogen-bond donors (Lipinski definition) is 0. The van der Waals surface area contributed by atoms with E-state index in [9.17, 15) is 9.65 Å². The number of hydrogen-bond acceptors (Lipinski definition) is 5. The molecule has 0 spiro atoms. The van der Waals surface area contributed by atoms with Gasteiger partial charge in [-0.3, -0.25) is 0 Å². The van der Waals surface area contributed by atoms with Crippen molar-refractivity contribution >= 4 is 51.3 Å². The van der Waals surface area contributed by atoms with E-state index in [1.165, 1.54) is 12.1 Å². The summed E-state index contributed by atoms with van der Waals surface area (Å²) < 4.78 is 23.4. The molecule has 1 aliphatic rings. The highest BCUT2D eigenvalue weighted by molar-refractivity contribution is 7.10. The van der Waals surface area contributed by atoms with Crippen LogP contribution < -0.4 is 4.90 Å². The van der Waals surface area contributed by atoms with E-state index in [4.69, 9.17) is 39.5 Å². The van der Waals surface area contributed by atoms with Crippen LogP contribution in [0.2, 0.25) is 15.2 Å². The van der Waals surface area contributed by atoms with Gasteiger partial charge in [0, 0.05) is 23.7 Å². The van der Waals surface area contributed by atoms with E-state index in [-0.39, 0.29) is 10.2 Å². The lowest BCUT2D eigenvalue weighted by Crippen LogP contribution is -2.38. The quantitative estimate of drug-likeness (QED) is 0.696. The van der Waals surface area contributed by atoms with Crippen molar-refractivity contribution in [3.63, 3.8) is 0 Å². The van der Waals surface area contributed by atoms with Gasteiger partial charge in [-0.2, -0.15) is 9.64 Å². The summed E-state index contributed by atoms with van der Waals surface area (Å²) in [6, 6.07) is 4.70. The van der Waals surface area contributed by atoms with Gasteiger partial charge >= 0.3 is 0 Å². The fourth-order valence-electron chi connectivity index (χ4n) is 2.38. The van der Waals surface area contributed by atoms with Crippen molar-refractivity contribution in [2.75, 3.05) is 24.6 Å². The Bertz CT molecular complexity index is 792. The summed E-state index contributed by atoms with van der Waals surface area (Å²) in [5.41, 5.74) is 0.859. The number of rotatable bonds is 2. The Kier molecular flexibility index (Phi) is 4.95. The van der Waals surface area contributed by atoms with Gasteiger partial charge in [-0.15, -0.1) is 0 Å². The molecule has 1 fully saturated rings. The number of aromatic nitrogens is 1. The molecule has 3 rings (SSSR count). The van der Waals surface area contributed by atoms with E-state index < -0.39 is 11.9 Å². The Labute approximate surface area is 151 Å². The molecule has 1 unspecified atom stereocenters. The van der Waals surface area contributed by atoms with E-state index in [1.54, 1.807) is 0 Å². The normalized spacial score (nSPS) is 18.0. The molecule has 0 radical (unpaired) electrons. The monoisotopic (exact) mass is 391 g/mol. The average molecular weight is 393 g/mol. The van der Waals surface area contributed by atoms with Crippen LogP contribution in [-0.2, 0) is 4.74 Å². The zero-order chi connectivity index (χ0) is 16.6. The van der Waals surface area contributed by atoms with Crippen LogP contribution in [0.4, 0.5) is 9.39 Å². The van der Waals surface area contributed by atoms with Crippen LogP contribution in [0.1, 0.15) is 17.2 Å². The number of ether oxygens (including phenoxy) is 1. The van der Waals surface area contributed by atoms with Crippen LogP contribution in [0.3, 0.4) is 0 Å². The third kappa shape index (κ3) is 3.25. The second-order valence-electron chi connectivity index (χ2n) is 4.86. The molecule has 4 nitrogen and oxygen atoms in total. The van der Waals surface area contributed by atoms with E-state index in [2.05, 4.69) is 10.4 Å². The Morgan fingerprint density at radius 3 is 2.87 bits per heavy atom. The van der Waals surface area contributed by atoms with E-state index in [1.807, 2.05) is 4.90 Å². The van der Waals surface area contributed by atoms with Crippen molar-refractivity contribution in [1.29, 1.82) is 5.26 Å². The van der Waals surface area contributed by atoms with Crippen LogP contribution in [0.5, 0.6) is 0 Å². The minimum atomic E-state index is -0.551.